The number of nitrogens with one attached hydrogen (secondary N) is 1. The predicted molar refractivity (Wildman–Crippen MR) is 107 cm³/mol. The molecule has 0 spiro atoms. The molecule has 1 aliphatic heterocycles. The predicted octanol–water partition coefficient (Wildman–Crippen LogP) is 1.72. The summed E-state index contributed by atoms with van der Waals surface area (Å²) in [7, 11) is 4.08. The minimum atomic E-state index is -0.570. The average Bonchev–Trinajstić information content (AvgIpc) is 3.06. The van der Waals surface area contributed by atoms with E-state index in [2.05, 4.69) is 10.2 Å². The van der Waals surface area contributed by atoms with Crippen LogP contribution in [0.3, 0.4) is 0 Å². The quantitative estimate of drug-likeness (QED) is 0.420. The van der Waals surface area contributed by atoms with E-state index in [1.54, 1.807) is 36.4 Å². The molecule has 0 saturated carbocycles. The Morgan fingerprint density at radius 3 is 2.23 bits per heavy atom. The van der Waals surface area contributed by atoms with Crippen molar-refractivity contribution < 1.29 is 33.3 Å². The highest BCUT2D eigenvalue weighted by molar-refractivity contribution is 6.31. The molecule has 1 aliphatic rings. The van der Waals surface area contributed by atoms with Crippen LogP contribution in [0.4, 0.5) is 5.69 Å². The number of methoxy groups -OCH3 is 3. The molecule has 0 radical (unpaired) electrons. The molecule has 2 aromatic carbocycles. The van der Waals surface area contributed by atoms with Crippen LogP contribution < -0.4 is 24.6 Å². The molecular weight excluding hydrogens is 392 g/mol. The van der Waals surface area contributed by atoms with Gasteiger partial charge in [-0.1, -0.05) is 18.2 Å². The van der Waals surface area contributed by atoms with Gasteiger partial charge in [0.1, 0.15) is 5.57 Å². The molecule has 2 amide bonds. The van der Waals surface area contributed by atoms with Gasteiger partial charge in [0, 0.05) is 0 Å². The molecule has 0 aliphatic carbocycles. The fourth-order valence-electron chi connectivity index (χ4n) is 2.80. The first-order chi connectivity index (χ1) is 14.5. The van der Waals surface area contributed by atoms with Gasteiger partial charge in [0.2, 0.25) is 5.75 Å². The van der Waals surface area contributed by atoms with Gasteiger partial charge in [-0.3, -0.25) is 15.0 Å². The Morgan fingerprint density at radius 2 is 1.67 bits per heavy atom. The van der Waals surface area contributed by atoms with Crippen molar-refractivity contribution in [3.05, 3.63) is 53.6 Å². The summed E-state index contributed by atoms with van der Waals surface area (Å²) in [6.07, 6.45) is 1.43. The van der Waals surface area contributed by atoms with Crippen LogP contribution in [0.1, 0.15) is 5.56 Å². The van der Waals surface area contributed by atoms with Crippen molar-refractivity contribution >= 4 is 29.5 Å². The Bertz CT molecular complexity index is 977. The third-order valence-corrected chi connectivity index (χ3v) is 4.26. The molecule has 30 heavy (non-hydrogen) atoms. The van der Waals surface area contributed by atoms with Crippen LogP contribution in [-0.2, 0) is 19.1 Å². The van der Waals surface area contributed by atoms with Gasteiger partial charge in [-0.25, -0.2) is 9.80 Å². The highest BCUT2D eigenvalue weighted by atomic mass is 16.6. The number of hydrogen-bond acceptors (Lipinski definition) is 7. The van der Waals surface area contributed by atoms with Gasteiger partial charge in [-0.2, -0.15) is 0 Å². The van der Waals surface area contributed by atoms with E-state index in [1.165, 1.54) is 32.4 Å². The Morgan fingerprint density at radius 1 is 1.03 bits per heavy atom. The van der Waals surface area contributed by atoms with E-state index in [-0.39, 0.29) is 29.4 Å². The van der Waals surface area contributed by atoms with Crippen LogP contribution in [0.25, 0.3) is 6.08 Å². The monoisotopic (exact) mass is 412 g/mol. The van der Waals surface area contributed by atoms with E-state index in [4.69, 9.17) is 14.2 Å². The number of para-hydroxylation sites is 1. The molecule has 9 nitrogen and oxygen atoms in total. The average molecular weight is 412 g/mol. The summed E-state index contributed by atoms with van der Waals surface area (Å²) in [6, 6.07) is 11.9. The van der Waals surface area contributed by atoms with Gasteiger partial charge in [-0.15, -0.1) is 0 Å². The Kier molecular flexibility index (Phi) is 6.21. The summed E-state index contributed by atoms with van der Waals surface area (Å²) < 4.78 is 20.6. The second-order valence-corrected chi connectivity index (χ2v) is 6.09. The van der Waals surface area contributed by atoms with E-state index >= 15 is 0 Å². The lowest BCUT2D eigenvalue weighted by atomic mass is 10.1. The van der Waals surface area contributed by atoms with Crippen molar-refractivity contribution in [1.82, 2.24) is 5.43 Å². The lowest BCUT2D eigenvalue weighted by molar-refractivity contribution is -0.143. The van der Waals surface area contributed by atoms with Crippen molar-refractivity contribution in [2.45, 2.75) is 0 Å². The number of nitrogens with zero attached hydrogens (tertiary/aromatic N) is 1. The third kappa shape index (κ3) is 4.19. The van der Waals surface area contributed by atoms with Crippen molar-refractivity contribution in [1.29, 1.82) is 0 Å². The zero-order valence-electron chi connectivity index (χ0n) is 16.6. The van der Waals surface area contributed by atoms with Gasteiger partial charge in [0.15, 0.2) is 18.1 Å². The maximum Gasteiger partial charge on any atom is 0.343 e. The fraction of sp³-hybridized carbons (Fsp3) is 0.190. The SMILES string of the molecule is COC(=O)COc1c(OC)cc(/C=C2/C(=O)NN(c3ccccc3)C2=O)cc1OC. The van der Waals surface area contributed by atoms with Gasteiger partial charge in [0.05, 0.1) is 27.0 Å². The second kappa shape index (κ2) is 8.99. The van der Waals surface area contributed by atoms with Crippen LogP contribution in [0, 0.1) is 0 Å². The van der Waals surface area contributed by atoms with Gasteiger partial charge >= 0.3 is 5.97 Å². The molecule has 1 fully saturated rings. The zero-order valence-corrected chi connectivity index (χ0v) is 16.6. The summed E-state index contributed by atoms with van der Waals surface area (Å²) in [5, 5.41) is 1.18. The molecule has 0 aromatic heterocycles. The van der Waals surface area contributed by atoms with Crippen molar-refractivity contribution in [2.75, 3.05) is 32.9 Å². The number of benzene rings is 2. The number of carbonyl (C=O) groups is 3. The Labute approximate surface area is 172 Å². The van der Waals surface area contributed by atoms with E-state index in [0.29, 0.717) is 11.3 Å². The van der Waals surface area contributed by atoms with E-state index in [0.717, 1.165) is 0 Å². The molecule has 2 aromatic rings. The number of esters is 1. The maximum atomic E-state index is 12.7. The normalized spacial score (nSPS) is 14.5. The minimum absolute atomic E-state index is 0.0498. The molecule has 0 unspecified atom stereocenters. The van der Waals surface area contributed by atoms with Crippen LogP contribution in [0.15, 0.2) is 48.0 Å². The zero-order chi connectivity index (χ0) is 21.7. The summed E-state index contributed by atoms with van der Waals surface area (Å²) in [4.78, 5) is 36.5. The van der Waals surface area contributed by atoms with Crippen LogP contribution in [0.2, 0.25) is 0 Å². The smallest absolute Gasteiger partial charge is 0.343 e. The topological polar surface area (TPSA) is 103 Å². The number of rotatable bonds is 7. The summed E-state index contributed by atoms with van der Waals surface area (Å²) in [6.45, 7) is -0.337. The van der Waals surface area contributed by atoms with Crippen molar-refractivity contribution in [3.8, 4) is 17.2 Å². The lowest BCUT2D eigenvalue weighted by Gasteiger charge is -2.15. The first-order valence-corrected chi connectivity index (χ1v) is 8.86. The highest BCUT2D eigenvalue weighted by Crippen LogP contribution is 2.39. The molecular formula is C21H20N2O7. The van der Waals surface area contributed by atoms with Crippen LogP contribution in [-0.4, -0.2) is 45.7 Å². The molecule has 1 N–H and O–H groups in total. The van der Waals surface area contributed by atoms with Crippen molar-refractivity contribution in [2.24, 2.45) is 0 Å². The van der Waals surface area contributed by atoms with Crippen LogP contribution >= 0.6 is 0 Å². The maximum absolute atomic E-state index is 12.7. The largest absolute Gasteiger partial charge is 0.493 e. The Hall–Kier alpha value is -4.01. The lowest BCUT2D eigenvalue weighted by Crippen LogP contribution is -2.35. The Balaban J connectivity index is 1.93. The van der Waals surface area contributed by atoms with E-state index in [1.807, 2.05) is 6.07 Å². The first-order valence-electron chi connectivity index (χ1n) is 8.86. The minimum Gasteiger partial charge on any atom is -0.493 e. The number of anilines is 1. The summed E-state index contributed by atoms with van der Waals surface area (Å²) >= 11 is 0. The van der Waals surface area contributed by atoms with Gasteiger partial charge < -0.3 is 18.9 Å². The van der Waals surface area contributed by atoms with Gasteiger partial charge in [-0.05, 0) is 35.9 Å². The van der Waals surface area contributed by atoms with Crippen LogP contribution in [0.5, 0.6) is 17.2 Å². The highest BCUT2D eigenvalue weighted by Gasteiger charge is 2.34. The molecule has 156 valence electrons. The second-order valence-electron chi connectivity index (χ2n) is 6.09. The molecule has 0 bridgehead atoms. The molecule has 1 heterocycles. The number of hydrogen-bond donors (Lipinski definition) is 1. The fourth-order valence-corrected chi connectivity index (χ4v) is 2.80. The standard InChI is InChI=1S/C21H20N2O7/c1-27-16-10-13(11-17(28-2)19(16)30-12-18(24)29-3)9-15-20(25)22-23(21(15)26)14-7-5-4-6-8-14/h4-11H,12H2,1-3H3,(H,22,25)/b15-9-. The summed E-state index contributed by atoms with van der Waals surface area (Å²) in [5.41, 5.74) is 3.50. The van der Waals surface area contributed by atoms with E-state index < -0.39 is 17.8 Å². The number of carbonyl (C=O) groups excluding carboxylic acids is 3. The number of amides is 2. The molecule has 3 rings (SSSR count). The molecule has 0 atom stereocenters. The molecule has 9 heteroatoms. The number of hydrazine groups is 1. The summed E-state index contributed by atoms with van der Waals surface area (Å²) in [5.74, 6) is -0.880. The van der Waals surface area contributed by atoms with Gasteiger partial charge in [0.25, 0.3) is 11.8 Å². The third-order valence-electron chi connectivity index (χ3n) is 4.26. The molecule has 1 saturated heterocycles. The first kappa shape index (κ1) is 20.7. The van der Waals surface area contributed by atoms with Crippen molar-refractivity contribution in [3.63, 3.8) is 0 Å². The number of ether oxygens (including phenoxy) is 4. The van der Waals surface area contributed by atoms with E-state index in [9.17, 15) is 14.4 Å².